The highest BCUT2D eigenvalue weighted by molar-refractivity contribution is 8.14. The maximum absolute atomic E-state index is 12.8. The van der Waals surface area contributed by atoms with Gasteiger partial charge in [-0.2, -0.15) is 0 Å². The largest absolute Gasteiger partial charge is 0.347 e. The molecule has 126 valence electrons. The molecule has 0 unspecified atom stereocenters. The Morgan fingerprint density at radius 2 is 2.00 bits per heavy atom. The topological polar surface area (TPSA) is 70.6 Å². The van der Waals surface area contributed by atoms with Crippen LogP contribution in [0.15, 0.2) is 4.99 Å². The van der Waals surface area contributed by atoms with E-state index in [2.05, 4.69) is 15.6 Å². The normalized spacial score (nSPS) is 40.8. The van der Waals surface area contributed by atoms with Gasteiger partial charge in [0.1, 0.15) is 0 Å². The molecule has 1 aliphatic heterocycles. The Bertz CT molecular complexity index is 566. The number of nitrogens with zero attached hydrogens (tertiary/aromatic N) is 1. The summed E-state index contributed by atoms with van der Waals surface area (Å²) >= 11 is 8.30. The average Bonchev–Trinajstić information content (AvgIpc) is 2.95. The van der Waals surface area contributed by atoms with Crippen LogP contribution in [-0.4, -0.2) is 40.7 Å². The van der Waals surface area contributed by atoms with Crippen molar-refractivity contribution < 1.29 is 9.59 Å². The van der Waals surface area contributed by atoms with Crippen LogP contribution in [0.25, 0.3) is 0 Å². The van der Waals surface area contributed by atoms with Crippen LogP contribution in [0.3, 0.4) is 0 Å². The molecule has 0 aromatic rings. The molecule has 0 spiro atoms. The lowest BCUT2D eigenvalue weighted by Crippen LogP contribution is -2.59. The van der Waals surface area contributed by atoms with Crippen LogP contribution >= 0.6 is 23.4 Å². The number of rotatable bonds is 3. The summed E-state index contributed by atoms with van der Waals surface area (Å²) in [5, 5.41) is 6.27. The fourth-order valence-corrected chi connectivity index (χ4v) is 6.78. The number of amides is 2. The fraction of sp³-hybridized carbons (Fsp3) is 0.812. The first-order chi connectivity index (χ1) is 11.0. The Morgan fingerprint density at radius 1 is 1.26 bits per heavy atom. The molecule has 5 nitrogen and oxygen atoms in total. The van der Waals surface area contributed by atoms with E-state index in [-0.39, 0.29) is 28.6 Å². The molecule has 2 amide bonds. The van der Waals surface area contributed by atoms with E-state index in [1.54, 1.807) is 0 Å². The SMILES string of the molecule is O=C(CNC(=O)C12C[C@@H]3C[C@H](CC(Cl)(C3)C1)C2)NC1=NCCS1. The van der Waals surface area contributed by atoms with Gasteiger partial charge >= 0.3 is 0 Å². The Hall–Kier alpha value is -0.750. The van der Waals surface area contributed by atoms with Crippen LogP contribution in [0, 0.1) is 17.3 Å². The van der Waals surface area contributed by atoms with Crippen molar-refractivity contribution in [3.63, 3.8) is 0 Å². The number of thioether (sulfide) groups is 1. The van der Waals surface area contributed by atoms with E-state index >= 15 is 0 Å². The molecule has 1 heterocycles. The predicted octanol–water partition coefficient (Wildman–Crippen LogP) is 1.90. The molecule has 4 fully saturated rings. The number of hydrogen-bond donors (Lipinski definition) is 2. The molecule has 0 aromatic heterocycles. The highest BCUT2D eigenvalue weighted by Gasteiger charge is 2.60. The summed E-state index contributed by atoms with van der Waals surface area (Å²) in [6.07, 6.45) is 5.98. The smallest absolute Gasteiger partial charge is 0.245 e. The van der Waals surface area contributed by atoms with Crippen molar-refractivity contribution in [2.24, 2.45) is 22.2 Å². The zero-order valence-corrected chi connectivity index (χ0v) is 14.6. The molecule has 2 N–H and O–H groups in total. The lowest BCUT2D eigenvalue weighted by molar-refractivity contribution is -0.145. The maximum atomic E-state index is 12.8. The van der Waals surface area contributed by atoms with Crippen molar-refractivity contribution in [1.82, 2.24) is 10.6 Å². The summed E-state index contributed by atoms with van der Waals surface area (Å²) in [6, 6.07) is 0. The second kappa shape index (κ2) is 5.66. The van der Waals surface area contributed by atoms with Crippen molar-refractivity contribution >= 4 is 40.3 Å². The van der Waals surface area contributed by atoms with Crippen LogP contribution in [0.5, 0.6) is 0 Å². The molecule has 0 aromatic carbocycles. The van der Waals surface area contributed by atoms with Crippen LogP contribution in [0.4, 0.5) is 0 Å². The van der Waals surface area contributed by atoms with Crippen molar-refractivity contribution in [1.29, 1.82) is 0 Å². The molecular weight excluding hydrogens is 334 g/mol. The molecule has 23 heavy (non-hydrogen) atoms. The third-order valence-corrected chi connectivity index (χ3v) is 7.05. The second-order valence-corrected chi connectivity index (χ2v) is 9.54. The Morgan fingerprint density at radius 3 is 2.61 bits per heavy atom. The molecule has 4 saturated carbocycles. The van der Waals surface area contributed by atoms with Crippen LogP contribution in [-0.2, 0) is 9.59 Å². The van der Waals surface area contributed by atoms with Gasteiger partial charge in [-0.15, -0.1) is 11.6 Å². The standard InChI is InChI=1S/C16H22ClN3O2S/c17-16-6-10-3-11(7-16)5-15(4-10,9-16)13(22)19-8-12(21)20-14-18-1-2-23-14/h10-11H,1-9H2,(H,19,22)(H,18,20,21)/t10-,11-,15?,16?/m0/s1. The first kappa shape index (κ1) is 15.8. The molecule has 4 bridgehead atoms. The van der Waals surface area contributed by atoms with Crippen molar-refractivity contribution in [2.75, 3.05) is 18.8 Å². The second-order valence-electron chi connectivity index (χ2n) is 7.66. The minimum Gasteiger partial charge on any atom is -0.347 e. The van der Waals surface area contributed by atoms with Gasteiger partial charge in [0.15, 0.2) is 5.17 Å². The number of halogens is 1. The highest BCUT2D eigenvalue weighted by Crippen LogP contribution is 2.63. The molecule has 2 atom stereocenters. The summed E-state index contributed by atoms with van der Waals surface area (Å²) in [5.41, 5.74) is -0.342. The summed E-state index contributed by atoms with van der Waals surface area (Å²) < 4.78 is 0. The van der Waals surface area contributed by atoms with Gasteiger partial charge < -0.3 is 10.6 Å². The quantitative estimate of drug-likeness (QED) is 0.759. The zero-order valence-electron chi connectivity index (χ0n) is 13.1. The van der Waals surface area contributed by atoms with E-state index in [1.807, 2.05) is 0 Å². The van der Waals surface area contributed by atoms with E-state index in [1.165, 1.54) is 18.2 Å². The van der Waals surface area contributed by atoms with Gasteiger partial charge in [0.05, 0.1) is 18.5 Å². The maximum Gasteiger partial charge on any atom is 0.245 e. The molecule has 5 aliphatic rings. The Kier molecular flexibility index (Phi) is 3.88. The summed E-state index contributed by atoms with van der Waals surface area (Å²) in [6.45, 7) is 0.765. The first-order valence-corrected chi connectivity index (χ1v) is 9.77. The minimum atomic E-state index is -0.342. The Balaban J connectivity index is 1.36. The van der Waals surface area contributed by atoms with Gasteiger partial charge in [-0.1, -0.05) is 11.8 Å². The van der Waals surface area contributed by atoms with Gasteiger partial charge in [-0.25, -0.2) is 0 Å². The third-order valence-electron chi connectivity index (χ3n) is 5.71. The van der Waals surface area contributed by atoms with E-state index in [4.69, 9.17) is 11.6 Å². The van der Waals surface area contributed by atoms with Crippen LogP contribution in [0.2, 0.25) is 0 Å². The summed E-state index contributed by atoms with van der Waals surface area (Å²) in [5.74, 6) is 1.89. The van der Waals surface area contributed by atoms with Gasteiger partial charge in [0.2, 0.25) is 11.8 Å². The lowest BCUT2D eigenvalue weighted by atomic mass is 9.49. The minimum absolute atomic E-state index is 0.0186. The van der Waals surface area contributed by atoms with E-state index in [0.29, 0.717) is 17.0 Å². The van der Waals surface area contributed by atoms with E-state index in [0.717, 1.165) is 44.4 Å². The predicted molar refractivity (Wildman–Crippen MR) is 91.6 cm³/mol. The molecule has 0 radical (unpaired) electrons. The van der Waals surface area contributed by atoms with E-state index in [9.17, 15) is 9.59 Å². The molecule has 0 saturated heterocycles. The van der Waals surface area contributed by atoms with Gasteiger partial charge in [0.25, 0.3) is 0 Å². The van der Waals surface area contributed by atoms with E-state index < -0.39 is 0 Å². The van der Waals surface area contributed by atoms with Crippen molar-refractivity contribution in [3.05, 3.63) is 0 Å². The number of hydrogen-bond acceptors (Lipinski definition) is 4. The number of carbonyl (C=O) groups excluding carboxylic acids is 2. The lowest BCUT2D eigenvalue weighted by Gasteiger charge is -2.59. The molecule has 4 aliphatic carbocycles. The monoisotopic (exact) mass is 355 g/mol. The van der Waals surface area contributed by atoms with Gasteiger partial charge in [-0.05, 0) is 50.4 Å². The van der Waals surface area contributed by atoms with Crippen LogP contribution in [0.1, 0.15) is 38.5 Å². The molecule has 7 heteroatoms. The number of nitrogens with one attached hydrogen (secondary N) is 2. The van der Waals surface area contributed by atoms with Crippen molar-refractivity contribution in [3.8, 4) is 0 Å². The summed E-state index contributed by atoms with van der Waals surface area (Å²) in [4.78, 5) is 28.7. The molecular formula is C16H22ClN3O2S. The number of amidine groups is 1. The van der Waals surface area contributed by atoms with Crippen molar-refractivity contribution in [2.45, 2.75) is 43.4 Å². The number of alkyl halides is 1. The molecule has 5 rings (SSSR count). The number of carbonyl (C=O) groups is 2. The summed E-state index contributed by atoms with van der Waals surface area (Å²) in [7, 11) is 0. The fourth-order valence-electron chi connectivity index (χ4n) is 5.34. The average molecular weight is 356 g/mol. The first-order valence-electron chi connectivity index (χ1n) is 8.41. The van der Waals surface area contributed by atoms with Gasteiger partial charge in [0, 0.05) is 10.6 Å². The van der Waals surface area contributed by atoms with Crippen LogP contribution < -0.4 is 10.6 Å². The third kappa shape index (κ3) is 3.00. The van der Waals surface area contributed by atoms with Gasteiger partial charge in [-0.3, -0.25) is 14.6 Å². The number of aliphatic imine (C=N–C) groups is 1. The highest BCUT2D eigenvalue weighted by atomic mass is 35.5. The Labute approximate surface area is 145 Å². The zero-order chi connectivity index (χ0) is 16.1.